The summed E-state index contributed by atoms with van der Waals surface area (Å²) in [6.45, 7) is 3.03. The predicted molar refractivity (Wildman–Crippen MR) is 99.4 cm³/mol. The third-order valence-corrected chi connectivity index (χ3v) is 5.57. The summed E-state index contributed by atoms with van der Waals surface area (Å²) in [5.74, 6) is 0.865. The van der Waals surface area contributed by atoms with Crippen LogP contribution in [0.4, 0.5) is 0 Å². The summed E-state index contributed by atoms with van der Waals surface area (Å²) < 4.78 is 5.88. The minimum atomic E-state index is -0.724. The Hall–Kier alpha value is -1.13. The minimum Gasteiger partial charge on any atom is -0.481 e. The molecule has 0 spiro atoms. The normalized spacial score (nSPS) is 29.8. The SMILES string of the molecule is CCCCC[C@H](O)C=CC1[C@@H]2CO[C@@H](C2)[C@@H]1CC=CCCCC(=O)O. The molecule has 0 aromatic heterocycles. The molecule has 1 heterocycles. The highest BCUT2D eigenvalue weighted by molar-refractivity contribution is 5.66. The van der Waals surface area contributed by atoms with Crippen LogP contribution in [0.3, 0.4) is 0 Å². The van der Waals surface area contributed by atoms with Crippen molar-refractivity contribution in [2.24, 2.45) is 17.8 Å². The second kappa shape index (κ2) is 10.8. The molecular formula is C21H34O4. The summed E-state index contributed by atoms with van der Waals surface area (Å²) in [7, 11) is 0. The molecule has 2 rings (SSSR count). The van der Waals surface area contributed by atoms with Gasteiger partial charge in [-0.1, -0.05) is 50.5 Å². The third-order valence-electron chi connectivity index (χ3n) is 5.57. The summed E-state index contributed by atoms with van der Waals surface area (Å²) in [5, 5.41) is 18.8. The van der Waals surface area contributed by atoms with Gasteiger partial charge in [-0.05, 0) is 49.9 Å². The van der Waals surface area contributed by atoms with Crippen molar-refractivity contribution >= 4 is 5.97 Å². The number of aliphatic carboxylic acids is 1. The van der Waals surface area contributed by atoms with E-state index in [0.717, 1.165) is 38.7 Å². The van der Waals surface area contributed by atoms with E-state index >= 15 is 0 Å². The Balaban J connectivity index is 1.78. The zero-order valence-corrected chi connectivity index (χ0v) is 15.5. The van der Waals surface area contributed by atoms with Crippen molar-refractivity contribution in [1.29, 1.82) is 0 Å². The molecule has 0 radical (unpaired) electrons. The molecule has 1 aliphatic carbocycles. The van der Waals surface area contributed by atoms with Crippen LogP contribution in [0, 0.1) is 17.8 Å². The second-order valence-corrected chi connectivity index (χ2v) is 7.55. The lowest BCUT2D eigenvalue weighted by molar-refractivity contribution is -0.137. The Labute approximate surface area is 152 Å². The molecule has 2 fully saturated rings. The van der Waals surface area contributed by atoms with Gasteiger partial charge in [0.1, 0.15) is 0 Å². The number of carboxylic acids is 1. The van der Waals surface area contributed by atoms with Crippen LogP contribution in [0.2, 0.25) is 0 Å². The third kappa shape index (κ3) is 6.59. The Bertz CT molecular complexity index is 457. The number of unbranched alkanes of at least 4 members (excludes halogenated alkanes) is 3. The van der Waals surface area contributed by atoms with E-state index in [9.17, 15) is 9.90 Å². The molecule has 0 aromatic rings. The first kappa shape index (κ1) is 20.2. The Morgan fingerprint density at radius 3 is 2.88 bits per heavy atom. The van der Waals surface area contributed by atoms with Crippen molar-refractivity contribution in [1.82, 2.24) is 0 Å². The van der Waals surface area contributed by atoms with E-state index in [4.69, 9.17) is 9.84 Å². The van der Waals surface area contributed by atoms with E-state index in [1.54, 1.807) is 0 Å². The van der Waals surface area contributed by atoms with Gasteiger partial charge in [0.15, 0.2) is 0 Å². The quantitative estimate of drug-likeness (QED) is 0.406. The van der Waals surface area contributed by atoms with E-state index in [1.807, 2.05) is 6.08 Å². The first-order chi connectivity index (χ1) is 12.1. The predicted octanol–water partition coefficient (Wildman–Crippen LogP) is 4.34. The van der Waals surface area contributed by atoms with Gasteiger partial charge in [-0.2, -0.15) is 0 Å². The molecule has 142 valence electrons. The highest BCUT2D eigenvalue weighted by atomic mass is 16.5. The standard InChI is InChI=1S/C21H34O4/c1-2-3-6-9-17(22)12-13-18-16-14-20(25-15-16)19(18)10-7-4-5-8-11-21(23)24/h4,7,12-13,16-20,22H,2-3,5-6,8-11,14-15H2,1H3,(H,23,24)/t16-,17-,18?,19+,20-/m0/s1. The highest BCUT2D eigenvalue weighted by Crippen LogP contribution is 2.47. The van der Waals surface area contributed by atoms with E-state index in [2.05, 4.69) is 25.2 Å². The fourth-order valence-corrected chi connectivity index (χ4v) is 4.15. The van der Waals surface area contributed by atoms with E-state index in [0.29, 0.717) is 30.3 Å². The van der Waals surface area contributed by atoms with Crippen molar-refractivity contribution in [2.75, 3.05) is 6.61 Å². The molecule has 1 saturated heterocycles. The average molecular weight is 350 g/mol. The summed E-state index contributed by atoms with van der Waals surface area (Å²) in [4.78, 5) is 10.5. The number of fused-ring (bicyclic) bond motifs is 2. The Morgan fingerprint density at radius 1 is 1.28 bits per heavy atom. The monoisotopic (exact) mass is 350 g/mol. The number of hydrogen-bond donors (Lipinski definition) is 2. The van der Waals surface area contributed by atoms with Crippen molar-refractivity contribution < 1.29 is 19.7 Å². The van der Waals surface area contributed by atoms with Crippen LogP contribution in [-0.4, -0.2) is 35.0 Å². The lowest BCUT2D eigenvalue weighted by Crippen LogP contribution is -2.27. The highest BCUT2D eigenvalue weighted by Gasteiger charge is 2.46. The van der Waals surface area contributed by atoms with Gasteiger partial charge in [-0.25, -0.2) is 0 Å². The van der Waals surface area contributed by atoms with Gasteiger partial charge >= 0.3 is 5.97 Å². The molecule has 2 aliphatic rings. The molecular weight excluding hydrogens is 316 g/mol. The minimum absolute atomic E-state index is 0.239. The van der Waals surface area contributed by atoms with Gasteiger partial charge in [0.25, 0.3) is 0 Å². The van der Waals surface area contributed by atoms with E-state index < -0.39 is 5.97 Å². The van der Waals surface area contributed by atoms with Crippen molar-refractivity contribution in [2.45, 2.75) is 76.9 Å². The molecule has 1 saturated carbocycles. The topological polar surface area (TPSA) is 66.8 Å². The van der Waals surface area contributed by atoms with Crippen LogP contribution in [-0.2, 0) is 9.53 Å². The van der Waals surface area contributed by atoms with Gasteiger partial charge in [-0.15, -0.1) is 0 Å². The summed E-state index contributed by atoms with van der Waals surface area (Å²) >= 11 is 0. The van der Waals surface area contributed by atoms with Crippen molar-refractivity contribution in [3.8, 4) is 0 Å². The summed E-state index contributed by atoms with van der Waals surface area (Å²) in [6, 6.07) is 0. The van der Waals surface area contributed by atoms with Crippen molar-refractivity contribution in [3.05, 3.63) is 24.3 Å². The average Bonchev–Trinajstić information content (AvgIpc) is 3.17. The van der Waals surface area contributed by atoms with Gasteiger partial charge in [0.2, 0.25) is 0 Å². The Kier molecular flexibility index (Phi) is 8.70. The molecule has 1 unspecified atom stereocenters. The lowest BCUT2D eigenvalue weighted by atomic mass is 9.85. The van der Waals surface area contributed by atoms with Crippen LogP contribution in [0.25, 0.3) is 0 Å². The smallest absolute Gasteiger partial charge is 0.303 e. The summed E-state index contributed by atoms with van der Waals surface area (Å²) in [5.41, 5.74) is 0. The Morgan fingerprint density at radius 2 is 2.12 bits per heavy atom. The molecule has 0 aromatic carbocycles. The van der Waals surface area contributed by atoms with Crippen LogP contribution >= 0.6 is 0 Å². The number of aliphatic hydroxyl groups excluding tert-OH is 1. The zero-order valence-electron chi connectivity index (χ0n) is 15.5. The number of hydrogen-bond acceptors (Lipinski definition) is 3. The largest absolute Gasteiger partial charge is 0.481 e. The molecule has 1 aliphatic heterocycles. The van der Waals surface area contributed by atoms with Gasteiger partial charge in [0, 0.05) is 6.42 Å². The van der Waals surface area contributed by atoms with E-state index in [1.165, 1.54) is 12.8 Å². The first-order valence-corrected chi connectivity index (χ1v) is 9.96. The molecule has 25 heavy (non-hydrogen) atoms. The number of ether oxygens (including phenoxy) is 1. The maximum absolute atomic E-state index is 10.5. The number of carbonyl (C=O) groups is 1. The maximum atomic E-state index is 10.5. The molecule has 4 heteroatoms. The number of rotatable bonds is 12. The number of carboxylic acid groups (broad SMARTS) is 1. The first-order valence-electron chi connectivity index (χ1n) is 9.96. The fourth-order valence-electron chi connectivity index (χ4n) is 4.15. The van der Waals surface area contributed by atoms with Gasteiger partial charge in [0.05, 0.1) is 18.8 Å². The molecule has 0 amide bonds. The second-order valence-electron chi connectivity index (χ2n) is 7.55. The summed E-state index contributed by atoms with van der Waals surface area (Å²) in [6.07, 6.45) is 16.8. The van der Waals surface area contributed by atoms with Gasteiger partial charge < -0.3 is 14.9 Å². The zero-order chi connectivity index (χ0) is 18.1. The molecule has 2 N–H and O–H groups in total. The fraction of sp³-hybridized carbons (Fsp3) is 0.762. The van der Waals surface area contributed by atoms with E-state index in [-0.39, 0.29) is 12.5 Å². The van der Waals surface area contributed by atoms with Crippen LogP contribution in [0.1, 0.15) is 64.7 Å². The molecule has 5 atom stereocenters. The maximum Gasteiger partial charge on any atom is 0.303 e. The lowest BCUT2D eigenvalue weighted by Gasteiger charge is -2.28. The number of allylic oxidation sites excluding steroid dienone is 3. The van der Waals surface area contributed by atoms with Crippen LogP contribution in [0.15, 0.2) is 24.3 Å². The molecule has 4 nitrogen and oxygen atoms in total. The molecule has 2 bridgehead atoms. The van der Waals surface area contributed by atoms with Gasteiger partial charge in [-0.3, -0.25) is 4.79 Å². The van der Waals surface area contributed by atoms with Crippen LogP contribution in [0.5, 0.6) is 0 Å². The van der Waals surface area contributed by atoms with Crippen LogP contribution < -0.4 is 0 Å². The number of aliphatic hydroxyl groups is 1. The van der Waals surface area contributed by atoms with Crippen molar-refractivity contribution in [3.63, 3.8) is 0 Å².